The number of nitrogens with one attached hydrogen (secondary N) is 2. The van der Waals surface area contributed by atoms with Crippen molar-refractivity contribution < 1.29 is 23.9 Å². The minimum absolute atomic E-state index is 0.108. The second-order valence-corrected chi connectivity index (χ2v) is 10.6. The summed E-state index contributed by atoms with van der Waals surface area (Å²) >= 11 is 12.0. The standard InChI is InChI=1S/C17H22Cl2N6O3.C10H16O2.C4H11N.C2H2/c1-11(20)17(27)21-15(16-22-23-24-25(16)4-2-3-5-26)10-28-9-12-6-13(18)8-14(19)7-12;1-4-7-9(6-3)10(11)12-8-5-2;1-3-4-5-2;1-2/h5-8,11,15H,2-4,9-10,20H2,1H3,(H,21,27);4,6-7H,5,8H2,1-3H3;5H,3-4H2,1-2H3;1-2H/b;7-4-,9-6+;;. The topological polar surface area (TPSA) is 163 Å². The zero-order valence-corrected chi connectivity index (χ0v) is 29.9. The van der Waals surface area contributed by atoms with Crippen LogP contribution >= 0.6 is 23.2 Å². The van der Waals surface area contributed by atoms with Gasteiger partial charge in [-0.15, -0.1) is 17.9 Å². The van der Waals surface area contributed by atoms with Crippen LogP contribution in [0.2, 0.25) is 10.0 Å². The minimum Gasteiger partial charge on any atom is -0.462 e. The van der Waals surface area contributed by atoms with Gasteiger partial charge < -0.3 is 30.6 Å². The van der Waals surface area contributed by atoms with Crippen molar-refractivity contribution in [3.63, 3.8) is 0 Å². The Balaban J connectivity index is 0. The molecule has 2 unspecified atom stereocenters. The normalized spacial score (nSPS) is 11.9. The molecule has 12 nitrogen and oxygen atoms in total. The van der Waals surface area contributed by atoms with Crippen LogP contribution in [0.1, 0.15) is 77.7 Å². The number of ether oxygens (including phenoxy) is 2. The highest BCUT2D eigenvalue weighted by Gasteiger charge is 2.23. The lowest BCUT2D eigenvalue weighted by atomic mass is 10.2. The van der Waals surface area contributed by atoms with Gasteiger partial charge in [0.2, 0.25) is 5.91 Å². The summed E-state index contributed by atoms with van der Waals surface area (Å²) in [5.41, 5.74) is 7.06. The molecule has 1 aromatic heterocycles. The molecule has 0 radical (unpaired) electrons. The summed E-state index contributed by atoms with van der Waals surface area (Å²) in [5, 5.41) is 18.4. The summed E-state index contributed by atoms with van der Waals surface area (Å²) in [6.45, 7) is 11.8. The molecule has 2 atom stereocenters. The Morgan fingerprint density at radius 1 is 1.13 bits per heavy atom. The number of tetrazole rings is 1. The van der Waals surface area contributed by atoms with Crippen molar-refractivity contribution in [2.45, 2.75) is 85.5 Å². The Hall–Kier alpha value is -3.60. The van der Waals surface area contributed by atoms with Crippen LogP contribution in [0, 0.1) is 12.8 Å². The van der Waals surface area contributed by atoms with E-state index >= 15 is 0 Å². The third-order valence-electron chi connectivity index (χ3n) is 5.60. The van der Waals surface area contributed by atoms with Gasteiger partial charge in [0.25, 0.3) is 0 Å². The number of esters is 1. The molecule has 0 saturated carbocycles. The van der Waals surface area contributed by atoms with Crippen LogP contribution in [0.25, 0.3) is 0 Å². The molecular weight excluding hydrogens is 645 g/mol. The second kappa shape index (κ2) is 29.8. The van der Waals surface area contributed by atoms with Crippen LogP contribution in [0.3, 0.4) is 0 Å². The number of unbranched alkanes of at least 4 members (excludes halogenated alkanes) is 1. The highest BCUT2D eigenvalue weighted by Crippen LogP contribution is 2.20. The average Bonchev–Trinajstić information content (AvgIpc) is 3.52. The van der Waals surface area contributed by atoms with Crippen LogP contribution < -0.4 is 16.4 Å². The number of hydrogen-bond donors (Lipinski definition) is 3. The predicted octanol–water partition coefficient (Wildman–Crippen LogP) is 5.01. The van der Waals surface area contributed by atoms with Crippen LogP contribution in [0.5, 0.6) is 0 Å². The summed E-state index contributed by atoms with van der Waals surface area (Å²) in [5.74, 6) is -0.177. The van der Waals surface area contributed by atoms with Gasteiger partial charge in [-0.1, -0.05) is 55.3 Å². The van der Waals surface area contributed by atoms with Gasteiger partial charge in [0.05, 0.1) is 31.4 Å². The van der Waals surface area contributed by atoms with Gasteiger partial charge in [-0.3, -0.25) is 4.79 Å². The van der Waals surface area contributed by atoms with E-state index in [-0.39, 0.29) is 25.1 Å². The molecule has 0 fully saturated rings. The summed E-state index contributed by atoms with van der Waals surface area (Å²) < 4.78 is 12.2. The van der Waals surface area contributed by atoms with E-state index < -0.39 is 12.1 Å². The molecule has 2 rings (SSSR count). The van der Waals surface area contributed by atoms with Crippen LogP contribution in [-0.4, -0.2) is 71.2 Å². The molecule has 262 valence electrons. The van der Waals surface area contributed by atoms with Crippen molar-refractivity contribution in [3.05, 3.63) is 63.4 Å². The van der Waals surface area contributed by atoms with E-state index in [1.165, 1.54) is 11.1 Å². The fourth-order valence-corrected chi connectivity index (χ4v) is 3.98. The Labute approximate surface area is 289 Å². The van der Waals surface area contributed by atoms with E-state index in [1.807, 2.05) is 33.9 Å². The third kappa shape index (κ3) is 21.8. The maximum Gasteiger partial charge on any atom is 0.337 e. The molecule has 47 heavy (non-hydrogen) atoms. The first-order valence-corrected chi connectivity index (χ1v) is 16.1. The van der Waals surface area contributed by atoms with E-state index in [0.717, 1.165) is 24.8 Å². The first-order chi connectivity index (χ1) is 22.6. The zero-order chi connectivity index (χ0) is 36.0. The lowest BCUT2D eigenvalue weighted by Gasteiger charge is -2.19. The number of carbonyl (C=O) groups excluding carboxylic acids is 3. The number of terminal acetylenes is 1. The fraction of sp³-hybridized carbons (Fsp3) is 0.515. The van der Waals surface area contributed by atoms with Gasteiger partial charge in [0.1, 0.15) is 12.3 Å². The average molecular weight is 697 g/mol. The summed E-state index contributed by atoms with van der Waals surface area (Å²) in [4.78, 5) is 33.8. The number of hydrogen-bond acceptors (Lipinski definition) is 10. The Kier molecular flexibility index (Phi) is 28.8. The number of nitrogens with two attached hydrogens (primary N) is 1. The predicted molar refractivity (Wildman–Crippen MR) is 188 cm³/mol. The molecule has 1 aromatic carbocycles. The molecule has 2 aromatic rings. The van der Waals surface area contributed by atoms with Gasteiger partial charge >= 0.3 is 5.97 Å². The molecule has 0 aliphatic rings. The molecule has 0 aliphatic heterocycles. The maximum atomic E-state index is 12.1. The monoisotopic (exact) mass is 695 g/mol. The highest BCUT2D eigenvalue weighted by molar-refractivity contribution is 6.34. The van der Waals surface area contributed by atoms with Crippen molar-refractivity contribution >= 4 is 41.4 Å². The van der Waals surface area contributed by atoms with Crippen LogP contribution in [-0.2, 0) is 37.0 Å². The van der Waals surface area contributed by atoms with Gasteiger partial charge in [-0.05, 0) is 87.8 Å². The number of rotatable bonds is 17. The number of halogens is 2. The molecule has 14 heteroatoms. The van der Waals surface area contributed by atoms with Crippen molar-refractivity contribution in [3.8, 4) is 12.8 Å². The minimum atomic E-state index is -0.700. The van der Waals surface area contributed by atoms with Crippen LogP contribution in [0.15, 0.2) is 42.0 Å². The second-order valence-electron chi connectivity index (χ2n) is 9.70. The molecule has 1 amide bonds. The van der Waals surface area contributed by atoms with Gasteiger partial charge in [0.15, 0.2) is 5.82 Å². The lowest BCUT2D eigenvalue weighted by Crippen LogP contribution is -2.42. The van der Waals surface area contributed by atoms with Crippen molar-refractivity contribution in [2.75, 3.05) is 26.8 Å². The van der Waals surface area contributed by atoms with Gasteiger partial charge in [-0.2, -0.15) is 0 Å². The number of allylic oxidation sites excluding steroid dienone is 2. The van der Waals surface area contributed by atoms with E-state index in [2.05, 4.69) is 45.9 Å². The lowest BCUT2D eigenvalue weighted by molar-refractivity contribution is -0.138. The number of carbonyl (C=O) groups is 3. The molecule has 4 N–H and O–H groups in total. The molecular formula is C33H51Cl2N7O5. The number of aromatic nitrogens is 4. The SMILES string of the molecule is C#C.C/C=C\C(=C/C)C(=O)OCCC.CC(N)C(=O)NC(COCc1cc(Cl)cc(Cl)c1)c1nnnn1CCCC=O.CCCNC. The largest absolute Gasteiger partial charge is 0.462 e. The fourth-order valence-electron chi connectivity index (χ4n) is 3.41. The third-order valence-corrected chi connectivity index (χ3v) is 6.04. The van der Waals surface area contributed by atoms with Crippen molar-refractivity contribution in [2.24, 2.45) is 5.73 Å². The zero-order valence-electron chi connectivity index (χ0n) is 28.4. The van der Waals surface area contributed by atoms with Gasteiger partial charge in [0, 0.05) is 23.0 Å². The molecule has 0 saturated heterocycles. The number of benzene rings is 1. The van der Waals surface area contributed by atoms with E-state index in [0.29, 0.717) is 47.4 Å². The molecule has 0 spiro atoms. The summed E-state index contributed by atoms with van der Waals surface area (Å²) in [6, 6.07) is 3.80. The van der Waals surface area contributed by atoms with Crippen molar-refractivity contribution in [1.82, 2.24) is 30.8 Å². The first-order valence-electron chi connectivity index (χ1n) is 15.3. The van der Waals surface area contributed by atoms with E-state index in [1.54, 1.807) is 37.3 Å². The summed E-state index contributed by atoms with van der Waals surface area (Å²) in [7, 11) is 1.96. The molecule has 0 aliphatic carbocycles. The number of amides is 1. The smallest absolute Gasteiger partial charge is 0.337 e. The number of nitrogens with zero attached hydrogens (tertiary/aromatic N) is 4. The molecule has 1 heterocycles. The first kappa shape index (κ1) is 45.5. The van der Waals surface area contributed by atoms with Crippen LogP contribution in [0.4, 0.5) is 0 Å². The van der Waals surface area contributed by atoms with E-state index in [4.69, 9.17) is 38.4 Å². The maximum absolute atomic E-state index is 12.1. The number of aryl methyl sites for hydroxylation is 1. The summed E-state index contributed by atoms with van der Waals surface area (Å²) in [6.07, 6.45) is 17.2. The quantitative estimate of drug-likeness (QED) is 0.0512. The van der Waals surface area contributed by atoms with Gasteiger partial charge in [-0.25, -0.2) is 9.48 Å². The van der Waals surface area contributed by atoms with Crippen molar-refractivity contribution in [1.29, 1.82) is 0 Å². The Bertz CT molecular complexity index is 1210. The highest BCUT2D eigenvalue weighted by atomic mass is 35.5. The number of aldehydes is 1. The Morgan fingerprint density at radius 2 is 1.79 bits per heavy atom. The Morgan fingerprint density at radius 3 is 2.28 bits per heavy atom. The van der Waals surface area contributed by atoms with E-state index in [9.17, 15) is 14.4 Å². The molecule has 0 bridgehead atoms.